The van der Waals surface area contributed by atoms with Crippen LogP contribution in [0.5, 0.6) is 0 Å². The summed E-state index contributed by atoms with van der Waals surface area (Å²) in [6, 6.07) is 0. The van der Waals surface area contributed by atoms with Gasteiger partial charge in [-0.2, -0.15) is 0 Å². The van der Waals surface area contributed by atoms with Crippen molar-refractivity contribution in [3.8, 4) is 0 Å². The predicted octanol–water partition coefficient (Wildman–Crippen LogP) is 10.1. The maximum atomic E-state index is 13.4. The van der Waals surface area contributed by atoms with Crippen molar-refractivity contribution in [2.24, 2.45) is 67.5 Å². The van der Waals surface area contributed by atoms with E-state index in [1.54, 1.807) is 0 Å². The lowest BCUT2D eigenvalue weighted by atomic mass is 9.32. The third kappa shape index (κ3) is 7.55. The van der Waals surface area contributed by atoms with E-state index in [2.05, 4.69) is 48.1 Å². The average Bonchev–Trinajstić information content (AvgIpc) is 3.44. The van der Waals surface area contributed by atoms with Gasteiger partial charge in [-0.25, -0.2) is 0 Å². The Kier molecular flexibility index (Phi) is 11.8. The number of methoxy groups -OCH3 is 2. The summed E-state index contributed by atoms with van der Waals surface area (Å²) in [7, 11) is 2.77. The highest BCUT2D eigenvalue weighted by molar-refractivity contribution is 5.74. The predicted molar refractivity (Wildman–Crippen MR) is 210 cm³/mol. The van der Waals surface area contributed by atoms with Gasteiger partial charge in [0.15, 0.2) is 0 Å². The van der Waals surface area contributed by atoms with Crippen molar-refractivity contribution in [1.29, 1.82) is 0 Å². The normalized spacial score (nSPS) is 38.4. The molecule has 8 heteroatoms. The monoisotopic (exact) mass is 755 g/mol. The molecule has 5 unspecified atom stereocenters. The highest BCUT2D eigenvalue weighted by atomic mass is 16.5. The molecule has 0 spiro atoms. The van der Waals surface area contributed by atoms with Crippen molar-refractivity contribution in [3.05, 3.63) is 12.2 Å². The van der Waals surface area contributed by atoms with Crippen LogP contribution in [0.25, 0.3) is 0 Å². The molecular weight excluding hydrogens is 680 g/mol. The summed E-state index contributed by atoms with van der Waals surface area (Å²) >= 11 is 0. The third-order valence-corrected chi connectivity index (χ3v) is 16.9. The second kappa shape index (κ2) is 14.8. The van der Waals surface area contributed by atoms with Gasteiger partial charge in [-0.3, -0.25) is 19.2 Å². The second-order valence-electron chi connectivity index (χ2n) is 21.7. The Morgan fingerprint density at radius 3 is 1.80 bits per heavy atom. The number of hydrogen-bond acceptors (Lipinski definition) is 8. The van der Waals surface area contributed by atoms with E-state index in [1.165, 1.54) is 39.1 Å². The maximum absolute atomic E-state index is 13.4. The van der Waals surface area contributed by atoms with Crippen LogP contribution >= 0.6 is 0 Å². The largest absolute Gasteiger partial charge is 0.469 e. The fourth-order valence-electron chi connectivity index (χ4n) is 14.0. The molecule has 0 amide bonds. The number of rotatable bonds is 12. The Labute approximate surface area is 327 Å². The van der Waals surface area contributed by atoms with Crippen LogP contribution in [0.4, 0.5) is 0 Å². The van der Waals surface area contributed by atoms with Gasteiger partial charge in [-0.1, -0.05) is 74.5 Å². The van der Waals surface area contributed by atoms with E-state index in [9.17, 15) is 19.2 Å². The molecule has 5 fully saturated rings. The number of carbonyl (C=O) groups is 4. The van der Waals surface area contributed by atoms with Crippen LogP contribution in [0.1, 0.15) is 159 Å². The van der Waals surface area contributed by atoms with Crippen LogP contribution in [0, 0.1) is 67.5 Å². The van der Waals surface area contributed by atoms with Gasteiger partial charge in [0.1, 0.15) is 6.10 Å². The summed E-state index contributed by atoms with van der Waals surface area (Å²) in [5.41, 5.74) is 0.468. The molecule has 0 bridgehead atoms. The van der Waals surface area contributed by atoms with Crippen molar-refractivity contribution >= 4 is 23.9 Å². The molecule has 0 radical (unpaired) electrons. The fraction of sp³-hybridized carbons (Fsp3) is 0.870. The topological polar surface area (TPSA) is 105 Å². The number of fused-ring (bicyclic) bond motifs is 7. The van der Waals surface area contributed by atoms with Crippen LogP contribution in [-0.4, -0.2) is 50.8 Å². The summed E-state index contributed by atoms with van der Waals surface area (Å²) < 4.78 is 22.3. The first-order valence-corrected chi connectivity index (χ1v) is 21.0. The molecule has 0 aromatic heterocycles. The van der Waals surface area contributed by atoms with Gasteiger partial charge < -0.3 is 18.9 Å². The van der Waals surface area contributed by atoms with E-state index in [1.807, 2.05) is 27.7 Å². The standard InChI is InChI=1S/C46H74O8/c1-29(2)30-16-21-46(28-53-37(49)26-40(3,4)24-35(47)51-12)23-22-44(10)31(39(30)46)14-15-33-43(9)19-18-34(42(7,8)32(43)17-20-45(33,44)11)54-38(50)27-41(5,6)25-36(48)52-13/h30-34,39H,1,14-28H2,2-13H3/t30?,31?,32?,33?,34-,39?,43-,44+,45+,46+/m0/s1. The summed E-state index contributed by atoms with van der Waals surface area (Å²) in [5, 5.41) is 0. The van der Waals surface area contributed by atoms with Crippen molar-refractivity contribution in [1.82, 2.24) is 0 Å². The highest BCUT2D eigenvalue weighted by Gasteiger charge is 2.71. The van der Waals surface area contributed by atoms with E-state index >= 15 is 0 Å². The molecular formula is C46H74O8. The van der Waals surface area contributed by atoms with Crippen molar-refractivity contribution in [3.63, 3.8) is 0 Å². The van der Waals surface area contributed by atoms with E-state index in [-0.39, 0.29) is 82.7 Å². The molecule has 0 aliphatic heterocycles. The van der Waals surface area contributed by atoms with Crippen molar-refractivity contribution in [2.45, 2.75) is 165 Å². The Morgan fingerprint density at radius 1 is 0.648 bits per heavy atom. The Hall–Kier alpha value is -2.38. The van der Waals surface area contributed by atoms with Crippen LogP contribution in [0.15, 0.2) is 12.2 Å². The number of allylic oxidation sites excluding steroid dienone is 1. The molecule has 0 aromatic carbocycles. The number of esters is 4. The summed E-state index contributed by atoms with van der Waals surface area (Å²) in [4.78, 5) is 50.7. The molecule has 306 valence electrons. The third-order valence-electron chi connectivity index (χ3n) is 16.9. The van der Waals surface area contributed by atoms with Gasteiger partial charge in [0.2, 0.25) is 0 Å². The van der Waals surface area contributed by atoms with E-state index < -0.39 is 10.8 Å². The van der Waals surface area contributed by atoms with Crippen LogP contribution < -0.4 is 0 Å². The lowest BCUT2D eigenvalue weighted by molar-refractivity contribution is -0.252. The van der Waals surface area contributed by atoms with Gasteiger partial charge in [-0.15, -0.1) is 0 Å². The highest BCUT2D eigenvalue weighted by Crippen LogP contribution is 2.77. The average molecular weight is 755 g/mol. The van der Waals surface area contributed by atoms with E-state index in [4.69, 9.17) is 18.9 Å². The molecule has 5 aliphatic rings. The van der Waals surface area contributed by atoms with Crippen molar-refractivity contribution in [2.75, 3.05) is 20.8 Å². The molecule has 0 N–H and O–H groups in total. The number of hydrogen-bond donors (Lipinski definition) is 0. The molecule has 5 aliphatic carbocycles. The minimum absolute atomic E-state index is 0.0460. The minimum atomic E-state index is -0.526. The second-order valence-corrected chi connectivity index (χ2v) is 21.7. The molecule has 5 saturated carbocycles. The Balaban J connectivity index is 1.34. The molecule has 54 heavy (non-hydrogen) atoms. The number of ether oxygens (including phenoxy) is 4. The SMILES string of the molecule is C=C(C)C1CC[C@]2(COC(=O)CC(C)(C)CC(=O)OC)CC[C@]3(C)C(CCC4[C@@]5(C)CC[C@H](OC(=O)CC(C)(C)CC(=O)OC)C(C)(C)C5CC[C@]43C)C12. The molecule has 0 saturated heterocycles. The first-order valence-electron chi connectivity index (χ1n) is 21.0. The van der Waals surface area contributed by atoms with Crippen LogP contribution in [-0.2, 0) is 38.1 Å². The van der Waals surface area contributed by atoms with Crippen LogP contribution in [0.2, 0.25) is 0 Å². The smallest absolute Gasteiger partial charge is 0.306 e. The quantitative estimate of drug-likeness (QED) is 0.110. The zero-order chi connectivity index (χ0) is 40.3. The van der Waals surface area contributed by atoms with Crippen LogP contribution in [0.3, 0.4) is 0 Å². The lowest BCUT2D eigenvalue weighted by Gasteiger charge is -2.73. The molecule has 8 nitrogen and oxygen atoms in total. The Bertz CT molecular complexity index is 1480. The molecule has 0 aromatic rings. The fourth-order valence-corrected chi connectivity index (χ4v) is 14.0. The first-order chi connectivity index (χ1) is 24.9. The summed E-state index contributed by atoms with van der Waals surface area (Å²) in [6.07, 6.45) is 11.6. The summed E-state index contributed by atoms with van der Waals surface area (Å²) in [5.74, 6) is 1.36. The lowest BCUT2D eigenvalue weighted by Crippen LogP contribution is -2.67. The van der Waals surface area contributed by atoms with Gasteiger partial charge in [-0.05, 0) is 128 Å². The maximum Gasteiger partial charge on any atom is 0.306 e. The molecule has 10 atom stereocenters. The zero-order valence-electron chi connectivity index (χ0n) is 36.0. The Morgan fingerprint density at radius 2 is 1.22 bits per heavy atom. The molecule has 0 heterocycles. The first kappa shape index (κ1) is 42.8. The van der Waals surface area contributed by atoms with Gasteiger partial charge in [0.25, 0.3) is 0 Å². The van der Waals surface area contributed by atoms with Gasteiger partial charge >= 0.3 is 23.9 Å². The van der Waals surface area contributed by atoms with Gasteiger partial charge in [0, 0.05) is 10.8 Å². The van der Waals surface area contributed by atoms with Gasteiger partial charge in [0.05, 0.1) is 46.5 Å². The molecule has 5 rings (SSSR count). The zero-order valence-corrected chi connectivity index (χ0v) is 36.0. The minimum Gasteiger partial charge on any atom is -0.469 e. The number of carbonyl (C=O) groups excluding carboxylic acids is 4. The summed E-state index contributed by atoms with van der Waals surface area (Å²) in [6.45, 7) is 27.4. The van der Waals surface area contributed by atoms with E-state index in [0.717, 1.165) is 44.9 Å². The van der Waals surface area contributed by atoms with E-state index in [0.29, 0.717) is 36.2 Å². The van der Waals surface area contributed by atoms with Crippen molar-refractivity contribution < 1.29 is 38.1 Å².